The van der Waals surface area contributed by atoms with E-state index in [1.807, 2.05) is 19.1 Å². The fourth-order valence-electron chi connectivity index (χ4n) is 1.70. The van der Waals surface area contributed by atoms with Gasteiger partial charge in [0.15, 0.2) is 11.5 Å². The molecule has 0 N–H and O–H groups in total. The Labute approximate surface area is 110 Å². The zero-order valence-corrected chi connectivity index (χ0v) is 10.6. The van der Waals surface area contributed by atoms with Crippen molar-refractivity contribution in [2.75, 3.05) is 7.11 Å². The number of carbonyl (C=O) groups excluding carboxylic acids is 1. The summed E-state index contributed by atoms with van der Waals surface area (Å²) in [5.41, 5.74) is 1.25. The van der Waals surface area contributed by atoms with Crippen LogP contribution < -0.4 is 9.47 Å². The predicted octanol–water partition coefficient (Wildman–Crippen LogP) is 3.75. The van der Waals surface area contributed by atoms with E-state index in [2.05, 4.69) is 0 Å². The third kappa shape index (κ3) is 3.10. The minimum absolute atomic E-state index is 0.223. The van der Waals surface area contributed by atoms with Gasteiger partial charge in [0.2, 0.25) is 0 Å². The summed E-state index contributed by atoms with van der Waals surface area (Å²) in [6.45, 7) is 1.93. The summed E-state index contributed by atoms with van der Waals surface area (Å²) in [4.78, 5) is 10.7. The number of halogens is 1. The fourth-order valence-corrected chi connectivity index (χ4v) is 1.70. The van der Waals surface area contributed by atoms with E-state index in [9.17, 15) is 9.18 Å². The quantitative estimate of drug-likeness (QED) is 0.785. The molecule has 0 saturated heterocycles. The van der Waals surface area contributed by atoms with Crippen LogP contribution in [0.5, 0.6) is 17.2 Å². The number of benzene rings is 2. The summed E-state index contributed by atoms with van der Waals surface area (Å²) in [5.74, 6) is 0.752. The maximum atomic E-state index is 13.3. The number of aryl methyl sites for hydroxylation is 1. The molecule has 0 aliphatic heterocycles. The minimum Gasteiger partial charge on any atom is -0.493 e. The van der Waals surface area contributed by atoms with Gasteiger partial charge in [-0.3, -0.25) is 4.79 Å². The van der Waals surface area contributed by atoms with E-state index in [0.29, 0.717) is 17.8 Å². The average molecular weight is 260 g/mol. The number of carbonyl (C=O) groups is 1. The van der Waals surface area contributed by atoms with E-state index >= 15 is 0 Å². The van der Waals surface area contributed by atoms with E-state index in [-0.39, 0.29) is 11.3 Å². The van der Waals surface area contributed by atoms with E-state index < -0.39 is 5.82 Å². The molecule has 98 valence electrons. The van der Waals surface area contributed by atoms with Crippen molar-refractivity contribution in [2.24, 2.45) is 0 Å². The van der Waals surface area contributed by atoms with Gasteiger partial charge in [-0.25, -0.2) is 4.39 Å². The fraction of sp³-hybridized carbons (Fsp3) is 0.133. The molecular formula is C15H13FO3. The Morgan fingerprint density at radius 2 is 1.89 bits per heavy atom. The minimum atomic E-state index is -0.523. The molecule has 0 amide bonds. The molecule has 0 aliphatic carbocycles. The number of ether oxygens (including phenoxy) is 2. The molecule has 4 heteroatoms. The van der Waals surface area contributed by atoms with Crippen LogP contribution >= 0.6 is 0 Å². The van der Waals surface area contributed by atoms with Crippen LogP contribution in [-0.4, -0.2) is 13.4 Å². The van der Waals surface area contributed by atoms with E-state index in [1.165, 1.54) is 19.2 Å². The van der Waals surface area contributed by atoms with Crippen LogP contribution in [0, 0.1) is 12.7 Å². The predicted molar refractivity (Wildman–Crippen MR) is 69.6 cm³/mol. The number of rotatable bonds is 4. The Kier molecular flexibility index (Phi) is 3.80. The molecule has 19 heavy (non-hydrogen) atoms. The largest absolute Gasteiger partial charge is 0.493 e. The third-order valence-electron chi connectivity index (χ3n) is 2.58. The number of hydrogen-bond donors (Lipinski definition) is 0. The van der Waals surface area contributed by atoms with E-state index in [4.69, 9.17) is 9.47 Å². The number of hydrogen-bond acceptors (Lipinski definition) is 3. The van der Waals surface area contributed by atoms with Gasteiger partial charge in [-0.15, -0.1) is 0 Å². The van der Waals surface area contributed by atoms with Gasteiger partial charge in [-0.2, -0.15) is 0 Å². The molecule has 3 nitrogen and oxygen atoms in total. The molecule has 2 aromatic carbocycles. The van der Waals surface area contributed by atoms with Gasteiger partial charge in [0, 0.05) is 11.6 Å². The molecule has 0 fully saturated rings. The molecule has 0 radical (unpaired) electrons. The van der Waals surface area contributed by atoms with E-state index in [0.717, 1.165) is 11.6 Å². The van der Waals surface area contributed by atoms with Crippen LogP contribution in [0.4, 0.5) is 4.39 Å². The van der Waals surface area contributed by atoms with Crippen molar-refractivity contribution in [3.05, 3.63) is 53.3 Å². The highest BCUT2D eigenvalue weighted by molar-refractivity contribution is 5.75. The van der Waals surface area contributed by atoms with Crippen LogP contribution in [0.2, 0.25) is 0 Å². The second kappa shape index (κ2) is 5.52. The lowest BCUT2D eigenvalue weighted by molar-refractivity contribution is 0.112. The van der Waals surface area contributed by atoms with Crippen molar-refractivity contribution in [3.8, 4) is 17.2 Å². The lowest BCUT2D eigenvalue weighted by Crippen LogP contribution is -1.93. The molecule has 2 aromatic rings. The van der Waals surface area contributed by atoms with Gasteiger partial charge in [0.1, 0.15) is 17.9 Å². The highest BCUT2D eigenvalue weighted by Crippen LogP contribution is 2.32. The van der Waals surface area contributed by atoms with E-state index in [1.54, 1.807) is 6.07 Å². The van der Waals surface area contributed by atoms with Crippen molar-refractivity contribution in [1.29, 1.82) is 0 Å². The van der Waals surface area contributed by atoms with Crippen LogP contribution in [0.25, 0.3) is 0 Å². The molecule has 0 atom stereocenters. The van der Waals surface area contributed by atoms with Crippen molar-refractivity contribution < 1.29 is 18.7 Å². The van der Waals surface area contributed by atoms with Gasteiger partial charge < -0.3 is 9.47 Å². The SMILES string of the molecule is COc1cc(C)ccc1Oc1cc(F)cc(C=O)c1. The van der Waals surface area contributed by atoms with Crippen LogP contribution in [0.1, 0.15) is 15.9 Å². The second-order valence-electron chi connectivity index (χ2n) is 4.09. The zero-order valence-electron chi connectivity index (χ0n) is 10.6. The van der Waals surface area contributed by atoms with Crippen LogP contribution in [0.3, 0.4) is 0 Å². The Balaban J connectivity index is 2.35. The molecule has 2 rings (SSSR count). The maximum absolute atomic E-state index is 13.3. The second-order valence-corrected chi connectivity index (χ2v) is 4.09. The van der Waals surface area contributed by atoms with Gasteiger partial charge >= 0.3 is 0 Å². The Hall–Kier alpha value is -2.36. The third-order valence-corrected chi connectivity index (χ3v) is 2.58. The van der Waals surface area contributed by atoms with Crippen molar-refractivity contribution in [1.82, 2.24) is 0 Å². The van der Waals surface area contributed by atoms with Crippen LogP contribution in [-0.2, 0) is 0 Å². The lowest BCUT2D eigenvalue weighted by Gasteiger charge is -2.11. The molecule has 0 unspecified atom stereocenters. The van der Waals surface area contributed by atoms with Gasteiger partial charge in [-0.1, -0.05) is 6.07 Å². The van der Waals surface area contributed by atoms with Gasteiger partial charge in [-0.05, 0) is 36.8 Å². The first-order valence-electron chi connectivity index (χ1n) is 5.70. The molecule has 0 heterocycles. The highest BCUT2D eigenvalue weighted by Gasteiger charge is 2.07. The first-order chi connectivity index (χ1) is 9.12. The number of methoxy groups -OCH3 is 1. The topological polar surface area (TPSA) is 35.5 Å². The lowest BCUT2D eigenvalue weighted by atomic mass is 10.2. The molecule has 0 spiro atoms. The molecule has 0 saturated carbocycles. The normalized spacial score (nSPS) is 10.1. The van der Waals surface area contributed by atoms with Gasteiger partial charge in [0.25, 0.3) is 0 Å². The summed E-state index contributed by atoms with van der Waals surface area (Å²) in [6.07, 6.45) is 0.572. The first-order valence-corrected chi connectivity index (χ1v) is 5.70. The standard InChI is InChI=1S/C15H13FO3/c1-10-3-4-14(15(5-10)18-2)19-13-7-11(9-17)6-12(16)8-13/h3-9H,1-2H3. The van der Waals surface area contributed by atoms with Crippen molar-refractivity contribution in [2.45, 2.75) is 6.92 Å². The average Bonchev–Trinajstić information content (AvgIpc) is 2.40. The summed E-state index contributed by atoms with van der Waals surface area (Å²) in [5, 5.41) is 0. The van der Waals surface area contributed by atoms with Crippen LogP contribution in [0.15, 0.2) is 36.4 Å². The Bertz CT molecular complexity index is 608. The zero-order chi connectivity index (χ0) is 13.8. The molecule has 0 aromatic heterocycles. The highest BCUT2D eigenvalue weighted by atomic mass is 19.1. The van der Waals surface area contributed by atoms with Crippen molar-refractivity contribution >= 4 is 6.29 Å². The molecule has 0 bridgehead atoms. The van der Waals surface area contributed by atoms with Crippen molar-refractivity contribution in [3.63, 3.8) is 0 Å². The summed E-state index contributed by atoms with van der Waals surface area (Å²) in [6, 6.07) is 9.24. The first kappa shape index (κ1) is 13.1. The summed E-state index contributed by atoms with van der Waals surface area (Å²) in [7, 11) is 1.53. The summed E-state index contributed by atoms with van der Waals surface area (Å²) >= 11 is 0. The summed E-state index contributed by atoms with van der Waals surface area (Å²) < 4.78 is 24.0. The Morgan fingerprint density at radius 1 is 1.11 bits per heavy atom. The molecular weight excluding hydrogens is 247 g/mol. The molecule has 0 aliphatic rings. The monoisotopic (exact) mass is 260 g/mol. The maximum Gasteiger partial charge on any atom is 0.169 e. The number of aldehydes is 1. The van der Waals surface area contributed by atoms with Gasteiger partial charge in [0.05, 0.1) is 7.11 Å². The Morgan fingerprint density at radius 3 is 2.58 bits per heavy atom. The smallest absolute Gasteiger partial charge is 0.169 e.